The van der Waals surface area contributed by atoms with Gasteiger partial charge in [-0.15, -0.1) is 0 Å². The van der Waals surface area contributed by atoms with Crippen molar-refractivity contribution in [3.8, 4) is 34.4 Å². The number of likely N-dealkylation sites (tertiary alicyclic amines) is 1. The van der Waals surface area contributed by atoms with E-state index < -0.39 is 6.17 Å². The summed E-state index contributed by atoms with van der Waals surface area (Å²) in [6.45, 7) is 4.97. The smallest absolute Gasteiger partial charge is 0.142 e. The third kappa shape index (κ3) is 8.49. The summed E-state index contributed by atoms with van der Waals surface area (Å²) >= 11 is 13.9. The zero-order chi connectivity index (χ0) is 37.9. The molecular formula is C44H45Cl2FN4O4. The average molecular weight is 784 g/mol. The standard InChI is InChI=1S/C44H45Cl2FN4O4/c45-38-16-31(24-50-21-28-8-9-33(52)15-28)41(54-25-30-14-29(20-48)22-49-23-30)17-42(38)55-39-11-10-35-34(4-1-5-36(35)39)37-6-2-7-40(43(37)46)53-13-3-12-51-26-44(27-51)18-32(47)19-44/h1-2,4-7,14,16-17,22-23,28,32,39,50H,3,8-13,15,18-19,21,24-27H2/t28-,39+/m1/s1. The number of ether oxygens (including phenoxy) is 3. The Bertz CT molecular complexity index is 2090. The molecule has 1 saturated heterocycles. The molecule has 1 spiro atoms. The van der Waals surface area contributed by atoms with E-state index in [0.717, 1.165) is 92.5 Å². The third-order valence-electron chi connectivity index (χ3n) is 11.6. The largest absolute Gasteiger partial charge is 0.492 e. The van der Waals surface area contributed by atoms with Crippen LogP contribution >= 0.6 is 23.2 Å². The number of Topliss-reactive ketones (excluding diaryl/α,β-unsaturated/α-hetero) is 1. The predicted molar refractivity (Wildman–Crippen MR) is 210 cm³/mol. The molecule has 1 N–H and O–H groups in total. The van der Waals surface area contributed by atoms with Crippen LogP contribution in [0, 0.1) is 22.7 Å². The van der Waals surface area contributed by atoms with Gasteiger partial charge in [-0.1, -0.05) is 53.5 Å². The van der Waals surface area contributed by atoms with Crippen molar-refractivity contribution in [1.82, 2.24) is 15.2 Å². The first-order chi connectivity index (χ1) is 26.8. The molecule has 8 rings (SSSR count). The topological polar surface area (TPSA) is 96.7 Å². The van der Waals surface area contributed by atoms with Crippen molar-refractivity contribution in [3.05, 3.63) is 105 Å². The second-order valence-electron chi connectivity index (χ2n) is 15.7. The first kappa shape index (κ1) is 37.7. The fourth-order valence-electron chi connectivity index (χ4n) is 8.85. The van der Waals surface area contributed by atoms with E-state index in [-0.39, 0.29) is 18.1 Å². The molecule has 2 atom stereocenters. The Morgan fingerprint density at radius 2 is 1.82 bits per heavy atom. The van der Waals surface area contributed by atoms with Gasteiger partial charge in [0.15, 0.2) is 0 Å². The van der Waals surface area contributed by atoms with Crippen LogP contribution in [0.3, 0.4) is 0 Å². The van der Waals surface area contributed by atoms with Gasteiger partial charge in [0.05, 0.1) is 22.2 Å². The van der Waals surface area contributed by atoms with Crippen molar-refractivity contribution < 1.29 is 23.4 Å². The zero-order valence-corrected chi connectivity index (χ0v) is 32.3. The van der Waals surface area contributed by atoms with Crippen molar-refractivity contribution in [2.24, 2.45) is 11.3 Å². The third-order valence-corrected chi connectivity index (χ3v) is 12.3. The minimum absolute atomic E-state index is 0.216. The van der Waals surface area contributed by atoms with E-state index in [1.165, 1.54) is 11.8 Å². The zero-order valence-electron chi connectivity index (χ0n) is 30.8. The Balaban J connectivity index is 0.948. The highest BCUT2D eigenvalue weighted by Crippen LogP contribution is 2.50. The van der Waals surface area contributed by atoms with Crippen LogP contribution in [0.2, 0.25) is 10.0 Å². The molecule has 11 heteroatoms. The minimum Gasteiger partial charge on any atom is -0.492 e. The molecule has 1 aliphatic heterocycles. The lowest BCUT2D eigenvalue weighted by atomic mass is 9.62. The summed E-state index contributed by atoms with van der Waals surface area (Å²) in [5, 5.41) is 13.9. The number of rotatable bonds is 15. The molecule has 4 aliphatic rings. The molecule has 0 unspecified atom stereocenters. The fourth-order valence-corrected chi connectivity index (χ4v) is 9.36. The van der Waals surface area contributed by atoms with Crippen molar-refractivity contribution in [1.29, 1.82) is 5.26 Å². The van der Waals surface area contributed by atoms with Gasteiger partial charge in [-0.05, 0) is 85.9 Å². The number of benzene rings is 3. The Hall–Kier alpha value is -4.20. The summed E-state index contributed by atoms with van der Waals surface area (Å²) in [7, 11) is 0. The molecule has 55 heavy (non-hydrogen) atoms. The monoisotopic (exact) mass is 782 g/mol. The SMILES string of the molecule is N#Cc1cncc(COc2cc(O[C@H]3CCc4c(-c5cccc(OCCCN6CC7(CC(F)C7)C6)c5Cl)cccc43)c(Cl)cc2CNC[C@@H]2CCC(=O)C2)c1. The maximum Gasteiger partial charge on any atom is 0.142 e. The molecule has 4 aromatic rings. The maximum absolute atomic E-state index is 13.3. The van der Waals surface area contributed by atoms with Crippen LogP contribution in [0.4, 0.5) is 4.39 Å². The van der Waals surface area contributed by atoms with Crippen molar-refractivity contribution in [2.45, 2.75) is 76.8 Å². The van der Waals surface area contributed by atoms with Gasteiger partial charge in [-0.2, -0.15) is 5.26 Å². The highest BCUT2D eigenvalue weighted by Gasteiger charge is 2.52. The molecule has 8 nitrogen and oxygen atoms in total. The van der Waals surface area contributed by atoms with Gasteiger partial charge in [-0.3, -0.25) is 9.78 Å². The van der Waals surface area contributed by atoms with Crippen LogP contribution in [-0.2, 0) is 24.4 Å². The van der Waals surface area contributed by atoms with Crippen LogP contribution in [0.1, 0.15) is 78.9 Å². The van der Waals surface area contributed by atoms with Crippen molar-refractivity contribution >= 4 is 29.0 Å². The summed E-state index contributed by atoms with van der Waals surface area (Å²) in [6, 6.07) is 19.8. The highest BCUT2D eigenvalue weighted by molar-refractivity contribution is 6.35. The van der Waals surface area contributed by atoms with E-state index in [1.807, 2.05) is 36.4 Å². The van der Waals surface area contributed by atoms with Crippen LogP contribution < -0.4 is 19.5 Å². The number of alkyl halides is 1. The van der Waals surface area contributed by atoms with Crippen LogP contribution in [0.15, 0.2) is 67.0 Å². The van der Waals surface area contributed by atoms with Crippen molar-refractivity contribution in [2.75, 3.05) is 32.8 Å². The second-order valence-corrected chi connectivity index (χ2v) is 16.5. The second kappa shape index (κ2) is 16.5. The molecule has 286 valence electrons. The van der Waals surface area contributed by atoms with E-state index in [2.05, 4.69) is 33.4 Å². The van der Waals surface area contributed by atoms with Crippen LogP contribution in [-0.4, -0.2) is 54.6 Å². The van der Waals surface area contributed by atoms with Gasteiger partial charge in [0.25, 0.3) is 0 Å². The number of fused-ring (bicyclic) bond motifs is 1. The van der Waals surface area contributed by atoms with Crippen LogP contribution in [0.25, 0.3) is 11.1 Å². The lowest BCUT2D eigenvalue weighted by Gasteiger charge is -2.57. The van der Waals surface area contributed by atoms with Crippen molar-refractivity contribution in [3.63, 3.8) is 0 Å². The number of hydrogen-bond acceptors (Lipinski definition) is 8. The number of nitrogens with zero attached hydrogens (tertiary/aromatic N) is 3. The molecule has 2 heterocycles. The molecule has 3 fully saturated rings. The summed E-state index contributed by atoms with van der Waals surface area (Å²) in [4.78, 5) is 18.4. The predicted octanol–water partition coefficient (Wildman–Crippen LogP) is 9.23. The number of carbonyl (C=O) groups excluding carboxylic acids is 1. The number of nitriles is 1. The highest BCUT2D eigenvalue weighted by atomic mass is 35.5. The summed E-state index contributed by atoms with van der Waals surface area (Å²) < 4.78 is 32.6. The Morgan fingerprint density at radius 3 is 2.62 bits per heavy atom. The van der Waals surface area contributed by atoms with Gasteiger partial charge >= 0.3 is 0 Å². The summed E-state index contributed by atoms with van der Waals surface area (Å²) in [5.41, 5.74) is 6.62. The quantitative estimate of drug-likeness (QED) is 0.119. The average Bonchev–Trinajstić information content (AvgIpc) is 3.78. The number of halogens is 3. The molecular weight excluding hydrogens is 738 g/mol. The summed E-state index contributed by atoms with van der Waals surface area (Å²) in [6.07, 6.45) is 8.47. The van der Waals surface area contributed by atoms with E-state index in [1.54, 1.807) is 12.3 Å². The number of nitrogens with one attached hydrogen (secondary N) is 1. The van der Waals surface area contributed by atoms with Crippen LogP contribution in [0.5, 0.6) is 17.2 Å². The molecule has 3 aliphatic carbocycles. The van der Waals surface area contributed by atoms with Gasteiger partial charge < -0.3 is 24.4 Å². The van der Waals surface area contributed by atoms with E-state index in [4.69, 9.17) is 37.4 Å². The molecule has 1 aromatic heterocycles. The normalized spacial score (nSPS) is 20.1. The Labute approximate surface area is 331 Å². The number of pyridine rings is 1. The molecule has 3 aromatic carbocycles. The number of aromatic nitrogens is 1. The first-order valence-electron chi connectivity index (χ1n) is 19.3. The number of hydrogen-bond donors (Lipinski definition) is 1. The fraction of sp³-hybridized carbons (Fsp3) is 0.432. The minimum atomic E-state index is -0.603. The molecule has 0 radical (unpaired) electrons. The molecule has 2 saturated carbocycles. The van der Waals surface area contributed by atoms with Gasteiger partial charge in [0.2, 0.25) is 0 Å². The number of carbonyl (C=O) groups is 1. The Kier molecular flexibility index (Phi) is 11.3. The Morgan fingerprint density at radius 1 is 0.982 bits per heavy atom. The van der Waals surface area contributed by atoms with Gasteiger partial charge in [0.1, 0.15) is 48.0 Å². The van der Waals surface area contributed by atoms with E-state index in [9.17, 15) is 14.4 Å². The first-order valence-corrected chi connectivity index (χ1v) is 20.1. The molecule has 0 amide bonds. The van der Waals surface area contributed by atoms with Gasteiger partial charge in [0, 0.05) is 79.6 Å². The van der Waals surface area contributed by atoms with E-state index >= 15 is 0 Å². The molecule has 0 bridgehead atoms. The van der Waals surface area contributed by atoms with Gasteiger partial charge in [-0.25, -0.2) is 4.39 Å². The maximum atomic E-state index is 13.3. The lowest BCUT2D eigenvalue weighted by Crippen LogP contribution is -2.62. The number of ketones is 1. The van der Waals surface area contributed by atoms with E-state index in [0.29, 0.717) is 70.6 Å². The summed E-state index contributed by atoms with van der Waals surface area (Å²) in [5.74, 6) is 2.47. The lowest BCUT2D eigenvalue weighted by molar-refractivity contribution is -0.117.